The van der Waals surface area contributed by atoms with Crippen LogP contribution in [0.3, 0.4) is 0 Å². The van der Waals surface area contributed by atoms with Crippen molar-refractivity contribution < 1.29 is 0 Å². The highest BCUT2D eigenvalue weighted by atomic mass is 35.5. The molecule has 1 atom stereocenters. The summed E-state index contributed by atoms with van der Waals surface area (Å²) in [6.07, 6.45) is 0. The molecule has 1 unspecified atom stereocenters. The van der Waals surface area contributed by atoms with Gasteiger partial charge in [-0.25, -0.2) is 0 Å². The van der Waals surface area contributed by atoms with E-state index in [-0.39, 0.29) is 0 Å². The van der Waals surface area contributed by atoms with Gasteiger partial charge in [-0.3, -0.25) is 4.90 Å². The van der Waals surface area contributed by atoms with Crippen molar-refractivity contribution in [3.05, 3.63) is 22.4 Å². The molecule has 1 aromatic heterocycles. The maximum Gasteiger partial charge on any atom is 0.0327 e. The first-order valence-electron chi connectivity index (χ1n) is 5.07. The summed E-state index contributed by atoms with van der Waals surface area (Å²) in [5.41, 5.74) is 0. The minimum atomic E-state index is 0.580. The lowest BCUT2D eigenvalue weighted by Crippen LogP contribution is -2.28. The Balaban J connectivity index is 2.39. The van der Waals surface area contributed by atoms with Crippen LogP contribution in [0.15, 0.2) is 17.5 Å². The minimum Gasteiger partial charge on any atom is -0.298 e. The maximum atomic E-state index is 5.81. The molecular formula is C11H18ClNS. The van der Waals surface area contributed by atoms with Gasteiger partial charge in [0.1, 0.15) is 0 Å². The largest absolute Gasteiger partial charge is 0.298 e. The number of hydrogen-bond acceptors (Lipinski definition) is 2. The van der Waals surface area contributed by atoms with Gasteiger partial charge in [0.05, 0.1) is 0 Å². The topological polar surface area (TPSA) is 3.24 Å². The average Bonchev–Trinajstić information content (AvgIpc) is 2.69. The fourth-order valence-electron chi connectivity index (χ4n) is 1.42. The zero-order valence-electron chi connectivity index (χ0n) is 8.87. The van der Waals surface area contributed by atoms with Crippen molar-refractivity contribution in [1.29, 1.82) is 0 Å². The normalized spacial score (nSPS) is 13.4. The second-order valence-corrected chi connectivity index (χ2v) is 5.01. The molecule has 0 aliphatic heterocycles. The van der Waals surface area contributed by atoms with Crippen LogP contribution < -0.4 is 0 Å². The molecule has 1 rings (SSSR count). The number of thiophene rings is 1. The van der Waals surface area contributed by atoms with E-state index in [2.05, 4.69) is 36.3 Å². The standard InChI is InChI=1S/C11H18ClNS/c1-3-13(8-10(2)7-12)9-11-5-4-6-14-11/h4-6,10H,3,7-9H2,1-2H3. The Kier molecular flexibility index (Phi) is 5.53. The number of alkyl halides is 1. The van der Waals surface area contributed by atoms with Crippen LogP contribution in [0.4, 0.5) is 0 Å². The second-order valence-electron chi connectivity index (χ2n) is 3.67. The maximum absolute atomic E-state index is 5.81. The van der Waals surface area contributed by atoms with Crippen molar-refractivity contribution in [3.63, 3.8) is 0 Å². The van der Waals surface area contributed by atoms with Gasteiger partial charge in [-0.05, 0) is 23.9 Å². The third-order valence-corrected chi connectivity index (χ3v) is 3.63. The Morgan fingerprint density at radius 2 is 2.36 bits per heavy atom. The number of halogens is 1. The Bertz CT molecular complexity index is 235. The van der Waals surface area contributed by atoms with E-state index in [4.69, 9.17) is 11.6 Å². The molecular weight excluding hydrogens is 214 g/mol. The zero-order valence-corrected chi connectivity index (χ0v) is 10.4. The monoisotopic (exact) mass is 231 g/mol. The van der Waals surface area contributed by atoms with Gasteiger partial charge in [0.15, 0.2) is 0 Å². The molecule has 1 heterocycles. The first-order valence-corrected chi connectivity index (χ1v) is 6.48. The van der Waals surface area contributed by atoms with Gasteiger partial charge in [-0.2, -0.15) is 0 Å². The van der Waals surface area contributed by atoms with Crippen LogP contribution in [0, 0.1) is 5.92 Å². The van der Waals surface area contributed by atoms with E-state index in [0.717, 1.165) is 25.5 Å². The van der Waals surface area contributed by atoms with Crippen molar-refractivity contribution in [3.8, 4) is 0 Å². The van der Waals surface area contributed by atoms with Crippen LogP contribution in [0.1, 0.15) is 18.7 Å². The second kappa shape index (κ2) is 6.44. The summed E-state index contributed by atoms with van der Waals surface area (Å²) in [5, 5.41) is 2.13. The third kappa shape index (κ3) is 3.99. The third-order valence-electron chi connectivity index (χ3n) is 2.24. The lowest BCUT2D eigenvalue weighted by molar-refractivity contribution is 0.251. The van der Waals surface area contributed by atoms with E-state index < -0.39 is 0 Å². The smallest absolute Gasteiger partial charge is 0.0327 e. The Hall–Kier alpha value is -0.0500. The summed E-state index contributed by atoms with van der Waals surface area (Å²) >= 11 is 7.64. The van der Waals surface area contributed by atoms with E-state index in [0.29, 0.717) is 5.92 Å². The molecule has 1 nitrogen and oxygen atoms in total. The molecule has 0 aromatic carbocycles. The number of nitrogens with zero attached hydrogens (tertiary/aromatic N) is 1. The molecule has 0 bridgehead atoms. The molecule has 14 heavy (non-hydrogen) atoms. The molecule has 0 saturated heterocycles. The van der Waals surface area contributed by atoms with Gasteiger partial charge in [0.2, 0.25) is 0 Å². The molecule has 0 aliphatic rings. The highest BCUT2D eigenvalue weighted by Crippen LogP contribution is 2.13. The van der Waals surface area contributed by atoms with Gasteiger partial charge in [0, 0.05) is 23.8 Å². The molecule has 0 aliphatic carbocycles. The van der Waals surface area contributed by atoms with Crippen LogP contribution in [-0.4, -0.2) is 23.9 Å². The van der Waals surface area contributed by atoms with Crippen LogP contribution in [0.25, 0.3) is 0 Å². The molecule has 0 fully saturated rings. The van der Waals surface area contributed by atoms with E-state index in [1.807, 2.05) is 11.3 Å². The summed E-state index contributed by atoms with van der Waals surface area (Å²) < 4.78 is 0. The predicted molar refractivity (Wildman–Crippen MR) is 65.2 cm³/mol. The van der Waals surface area contributed by atoms with Crippen LogP contribution in [-0.2, 0) is 6.54 Å². The first-order chi connectivity index (χ1) is 6.76. The summed E-state index contributed by atoms with van der Waals surface area (Å²) in [4.78, 5) is 3.88. The first kappa shape index (κ1) is 12.0. The molecule has 0 spiro atoms. The Labute approximate surface area is 95.7 Å². The van der Waals surface area contributed by atoms with Crippen LogP contribution in [0.2, 0.25) is 0 Å². The highest BCUT2D eigenvalue weighted by Gasteiger charge is 2.08. The zero-order chi connectivity index (χ0) is 10.4. The van der Waals surface area contributed by atoms with E-state index in [1.54, 1.807) is 0 Å². The summed E-state index contributed by atoms with van der Waals surface area (Å²) in [5.74, 6) is 1.33. The van der Waals surface area contributed by atoms with Crippen LogP contribution >= 0.6 is 22.9 Å². The highest BCUT2D eigenvalue weighted by molar-refractivity contribution is 7.09. The van der Waals surface area contributed by atoms with E-state index in [1.165, 1.54) is 4.88 Å². The van der Waals surface area contributed by atoms with Crippen molar-refractivity contribution in [2.24, 2.45) is 5.92 Å². The van der Waals surface area contributed by atoms with Gasteiger partial charge in [-0.15, -0.1) is 22.9 Å². The summed E-state index contributed by atoms with van der Waals surface area (Å²) in [6, 6.07) is 4.30. The lowest BCUT2D eigenvalue weighted by Gasteiger charge is -2.22. The quantitative estimate of drug-likeness (QED) is 0.678. The summed E-state index contributed by atoms with van der Waals surface area (Å²) in [7, 11) is 0. The molecule has 0 amide bonds. The van der Waals surface area contributed by atoms with E-state index >= 15 is 0 Å². The van der Waals surface area contributed by atoms with Crippen LogP contribution in [0.5, 0.6) is 0 Å². The van der Waals surface area contributed by atoms with Gasteiger partial charge < -0.3 is 0 Å². The molecule has 3 heteroatoms. The molecule has 1 aromatic rings. The SMILES string of the molecule is CCN(Cc1cccs1)CC(C)CCl. The van der Waals surface area contributed by atoms with Gasteiger partial charge in [0.25, 0.3) is 0 Å². The number of hydrogen-bond donors (Lipinski definition) is 0. The average molecular weight is 232 g/mol. The molecule has 0 radical (unpaired) electrons. The number of rotatable bonds is 6. The molecule has 80 valence electrons. The minimum absolute atomic E-state index is 0.580. The molecule has 0 N–H and O–H groups in total. The Morgan fingerprint density at radius 1 is 1.57 bits per heavy atom. The fraction of sp³-hybridized carbons (Fsp3) is 0.636. The fourth-order valence-corrected chi connectivity index (χ4v) is 2.26. The summed E-state index contributed by atoms with van der Waals surface area (Å²) in [6.45, 7) is 7.66. The predicted octanol–water partition coefficient (Wildman–Crippen LogP) is 3.44. The van der Waals surface area contributed by atoms with Gasteiger partial charge >= 0.3 is 0 Å². The van der Waals surface area contributed by atoms with Crippen molar-refractivity contribution in [1.82, 2.24) is 4.90 Å². The lowest BCUT2D eigenvalue weighted by atomic mass is 10.2. The van der Waals surface area contributed by atoms with Crippen molar-refractivity contribution in [2.45, 2.75) is 20.4 Å². The Morgan fingerprint density at radius 3 is 2.86 bits per heavy atom. The van der Waals surface area contributed by atoms with Crippen molar-refractivity contribution in [2.75, 3.05) is 19.0 Å². The van der Waals surface area contributed by atoms with E-state index in [9.17, 15) is 0 Å². The van der Waals surface area contributed by atoms with Gasteiger partial charge in [-0.1, -0.05) is 19.9 Å². The van der Waals surface area contributed by atoms with Crippen molar-refractivity contribution >= 4 is 22.9 Å². The molecule has 0 saturated carbocycles.